The molecular weight excluding hydrogens is 362 g/mol. The van der Waals surface area contributed by atoms with Crippen molar-refractivity contribution in [2.24, 2.45) is 0 Å². The van der Waals surface area contributed by atoms with Crippen LogP contribution in [0, 0.1) is 0 Å². The summed E-state index contributed by atoms with van der Waals surface area (Å²) >= 11 is 7.38. The van der Waals surface area contributed by atoms with Crippen LogP contribution in [0.2, 0.25) is 5.02 Å². The number of halogens is 1. The lowest BCUT2D eigenvalue weighted by Crippen LogP contribution is -2.30. The smallest absolute Gasteiger partial charge is 0.306 e. The van der Waals surface area contributed by atoms with E-state index in [2.05, 4.69) is 5.32 Å². The van der Waals surface area contributed by atoms with Crippen LogP contribution in [0.5, 0.6) is 0 Å². The molecule has 0 bridgehead atoms. The van der Waals surface area contributed by atoms with Gasteiger partial charge in [0.05, 0.1) is 6.42 Å². The molecule has 132 valence electrons. The van der Waals surface area contributed by atoms with E-state index in [1.54, 1.807) is 35.6 Å². The van der Waals surface area contributed by atoms with Crippen LogP contribution in [0.3, 0.4) is 0 Å². The summed E-state index contributed by atoms with van der Waals surface area (Å²) in [5, 5.41) is 5.20. The SMILES string of the molecule is O=C(COC(=O)CCC(=O)c1ccc(Cl)cc1)NCCc1cccs1. The van der Waals surface area contributed by atoms with Crippen molar-refractivity contribution in [2.75, 3.05) is 13.2 Å². The van der Waals surface area contributed by atoms with E-state index in [9.17, 15) is 14.4 Å². The van der Waals surface area contributed by atoms with E-state index in [0.29, 0.717) is 17.1 Å². The zero-order chi connectivity index (χ0) is 18.1. The number of carbonyl (C=O) groups excluding carboxylic acids is 3. The van der Waals surface area contributed by atoms with Gasteiger partial charge in [0.25, 0.3) is 5.91 Å². The molecule has 7 heteroatoms. The van der Waals surface area contributed by atoms with E-state index in [0.717, 1.165) is 6.42 Å². The highest BCUT2D eigenvalue weighted by molar-refractivity contribution is 7.09. The third-order valence-electron chi connectivity index (χ3n) is 3.36. The van der Waals surface area contributed by atoms with E-state index in [4.69, 9.17) is 16.3 Å². The quantitative estimate of drug-likeness (QED) is 0.536. The molecule has 0 atom stereocenters. The van der Waals surface area contributed by atoms with Gasteiger partial charge < -0.3 is 10.1 Å². The Morgan fingerprint density at radius 2 is 1.84 bits per heavy atom. The standard InChI is InChI=1S/C18H18ClNO4S/c19-14-5-3-13(4-6-14)16(21)7-8-18(23)24-12-17(22)20-10-9-15-2-1-11-25-15/h1-6,11H,7-10,12H2,(H,20,22). The summed E-state index contributed by atoms with van der Waals surface area (Å²) in [7, 11) is 0. The summed E-state index contributed by atoms with van der Waals surface area (Å²) in [6.07, 6.45) is 0.706. The Morgan fingerprint density at radius 3 is 2.52 bits per heavy atom. The van der Waals surface area contributed by atoms with Gasteiger partial charge in [-0.25, -0.2) is 0 Å². The molecule has 1 aromatic heterocycles. The van der Waals surface area contributed by atoms with Crippen molar-refractivity contribution in [2.45, 2.75) is 19.3 Å². The van der Waals surface area contributed by atoms with E-state index < -0.39 is 5.97 Å². The molecule has 0 aliphatic rings. The van der Waals surface area contributed by atoms with Crippen LogP contribution in [-0.2, 0) is 20.7 Å². The molecule has 25 heavy (non-hydrogen) atoms. The third-order valence-corrected chi connectivity index (χ3v) is 4.55. The molecule has 0 saturated carbocycles. The van der Waals surface area contributed by atoms with Gasteiger partial charge in [-0.2, -0.15) is 0 Å². The fourth-order valence-corrected chi connectivity index (χ4v) is 2.88. The second-order valence-corrected chi connectivity index (χ2v) is 6.74. The minimum absolute atomic E-state index is 0.0282. The highest BCUT2D eigenvalue weighted by Gasteiger charge is 2.12. The monoisotopic (exact) mass is 379 g/mol. The van der Waals surface area contributed by atoms with Gasteiger partial charge in [-0.05, 0) is 42.1 Å². The third kappa shape index (κ3) is 7.07. The number of rotatable bonds is 9. The first-order valence-corrected chi connectivity index (χ1v) is 9.04. The highest BCUT2D eigenvalue weighted by Crippen LogP contribution is 2.12. The predicted molar refractivity (Wildman–Crippen MR) is 97.0 cm³/mol. The van der Waals surface area contributed by atoms with Crippen molar-refractivity contribution in [1.82, 2.24) is 5.32 Å². The fourth-order valence-electron chi connectivity index (χ4n) is 2.04. The molecule has 2 aromatic rings. The summed E-state index contributed by atoms with van der Waals surface area (Å²) < 4.78 is 4.88. The van der Waals surface area contributed by atoms with Crippen LogP contribution in [0.15, 0.2) is 41.8 Å². The summed E-state index contributed by atoms with van der Waals surface area (Å²) in [5.74, 6) is -1.10. The average Bonchev–Trinajstić information content (AvgIpc) is 3.12. The van der Waals surface area contributed by atoms with Crippen LogP contribution in [0.4, 0.5) is 0 Å². The average molecular weight is 380 g/mol. The number of nitrogens with one attached hydrogen (secondary N) is 1. The van der Waals surface area contributed by atoms with Gasteiger partial charge in [0.2, 0.25) is 0 Å². The summed E-state index contributed by atoms with van der Waals surface area (Å²) in [4.78, 5) is 36.3. The van der Waals surface area contributed by atoms with Crippen LogP contribution in [0.25, 0.3) is 0 Å². The van der Waals surface area contributed by atoms with Crippen LogP contribution in [-0.4, -0.2) is 30.8 Å². The van der Waals surface area contributed by atoms with Crippen LogP contribution in [0.1, 0.15) is 28.1 Å². The van der Waals surface area contributed by atoms with Gasteiger partial charge in [-0.3, -0.25) is 14.4 Å². The molecule has 1 amide bonds. The highest BCUT2D eigenvalue weighted by atomic mass is 35.5. The maximum absolute atomic E-state index is 11.9. The van der Waals surface area contributed by atoms with E-state index in [-0.39, 0.29) is 31.1 Å². The Morgan fingerprint density at radius 1 is 1.08 bits per heavy atom. The lowest BCUT2D eigenvalue weighted by atomic mass is 10.1. The molecule has 1 N–H and O–H groups in total. The van der Waals surface area contributed by atoms with Crippen molar-refractivity contribution in [1.29, 1.82) is 0 Å². The summed E-state index contributed by atoms with van der Waals surface area (Å²) in [6.45, 7) is 0.157. The number of carbonyl (C=O) groups is 3. The van der Waals surface area contributed by atoms with Gasteiger partial charge >= 0.3 is 5.97 Å². The van der Waals surface area contributed by atoms with Gasteiger partial charge in [-0.15, -0.1) is 11.3 Å². The molecule has 0 saturated heterocycles. The molecule has 0 unspecified atom stereocenters. The first-order chi connectivity index (χ1) is 12.0. The summed E-state index contributed by atoms with van der Waals surface area (Å²) in [6, 6.07) is 10.4. The second-order valence-electron chi connectivity index (χ2n) is 5.27. The molecular formula is C18H18ClNO4S. The van der Waals surface area contributed by atoms with Crippen molar-refractivity contribution < 1.29 is 19.1 Å². The van der Waals surface area contributed by atoms with Gasteiger partial charge in [0.1, 0.15) is 0 Å². The Hall–Kier alpha value is -2.18. The number of hydrogen-bond acceptors (Lipinski definition) is 5. The minimum Gasteiger partial charge on any atom is -0.456 e. The number of benzene rings is 1. The number of ketones is 1. The summed E-state index contributed by atoms with van der Waals surface area (Å²) in [5.41, 5.74) is 0.489. The molecule has 0 aliphatic carbocycles. The lowest BCUT2D eigenvalue weighted by Gasteiger charge is -2.06. The number of hydrogen-bond donors (Lipinski definition) is 1. The molecule has 1 heterocycles. The van der Waals surface area contributed by atoms with Crippen molar-refractivity contribution >= 4 is 40.6 Å². The lowest BCUT2D eigenvalue weighted by molar-refractivity contribution is -0.148. The number of ether oxygens (including phenoxy) is 1. The zero-order valence-corrected chi connectivity index (χ0v) is 15.1. The second kappa shape index (κ2) is 9.96. The molecule has 2 rings (SSSR count). The van der Waals surface area contributed by atoms with E-state index in [1.165, 1.54) is 4.88 Å². The zero-order valence-electron chi connectivity index (χ0n) is 13.5. The topological polar surface area (TPSA) is 72.5 Å². The normalized spacial score (nSPS) is 10.3. The number of thiophene rings is 1. The maximum atomic E-state index is 11.9. The van der Waals surface area contributed by atoms with Crippen LogP contribution >= 0.6 is 22.9 Å². The minimum atomic E-state index is -0.573. The maximum Gasteiger partial charge on any atom is 0.306 e. The molecule has 0 aliphatic heterocycles. The largest absolute Gasteiger partial charge is 0.456 e. The molecule has 0 radical (unpaired) electrons. The molecule has 1 aromatic carbocycles. The Balaban J connectivity index is 1.60. The van der Waals surface area contributed by atoms with Gasteiger partial charge in [0, 0.05) is 28.4 Å². The first kappa shape index (κ1) is 19.1. The fraction of sp³-hybridized carbons (Fsp3) is 0.278. The van der Waals surface area contributed by atoms with Crippen LogP contribution < -0.4 is 5.32 Å². The molecule has 0 fully saturated rings. The van der Waals surface area contributed by atoms with Gasteiger partial charge in [0.15, 0.2) is 12.4 Å². The first-order valence-electron chi connectivity index (χ1n) is 7.78. The number of amides is 1. The predicted octanol–water partition coefficient (Wildman–Crippen LogP) is 3.27. The molecule has 0 spiro atoms. The molecule has 5 nitrogen and oxygen atoms in total. The van der Waals surface area contributed by atoms with E-state index in [1.807, 2.05) is 17.5 Å². The van der Waals surface area contributed by atoms with Gasteiger partial charge in [-0.1, -0.05) is 17.7 Å². The van der Waals surface area contributed by atoms with E-state index >= 15 is 0 Å². The number of esters is 1. The Kier molecular flexibility index (Phi) is 7.63. The van der Waals surface area contributed by atoms with Crippen molar-refractivity contribution in [3.8, 4) is 0 Å². The van der Waals surface area contributed by atoms with Crippen molar-refractivity contribution in [3.63, 3.8) is 0 Å². The van der Waals surface area contributed by atoms with Crippen molar-refractivity contribution in [3.05, 3.63) is 57.2 Å². The Bertz CT molecular complexity index is 713. The Labute approximate surface area is 154 Å². The number of Topliss-reactive ketones (excluding diaryl/α,β-unsaturated/α-hetero) is 1.